The van der Waals surface area contributed by atoms with Gasteiger partial charge in [0.05, 0.1) is 6.04 Å². The number of ether oxygens (including phenoxy) is 1. The molecule has 5 rings (SSSR count). The summed E-state index contributed by atoms with van der Waals surface area (Å²) in [5.41, 5.74) is 3.35. The predicted molar refractivity (Wildman–Crippen MR) is 136 cm³/mol. The van der Waals surface area contributed by atoms with E-state index in [0.717, 1.165) is 52.8 Å². The highest BCUT2D eigenvalue weighted by Crippen LogP contribution is 2.30. The monoisotopic (exact) mass is 465 g/mol. The van der Waals surface area contributed by atoms with Crippen LogP contribution in [0.1, 0.15) is 36.8 Å². The van der Waals surface area contributed by atoms with Crippen molar-refractivity contribution in [1.82, 2.24) is 15.3 Å². The van der Waals surface area contributed by atoms with Crippen LogP contribution in [0, 0.1) is 11.5 Å². The van der Waals surface area contributed by atoms with E-state index < -0.39 is 0 Å². The summed E-state index contributed by atoms with van der Waals surface area (Å²) in [4.78, 5) is 14.5. The first-order chi connectivity index (χ1) is 16.8. The van der Waals surface area contributed by atoms with Gasteiger partial charge in [-0.05, 0) is 73.0 Å². The molecule has 3 heterocycles. The van der Waals surface area contributed by atoms with Crippen LogP contribution >= 0.6 is 11.3 Å². The molecule has 1 aromatic carbocycles. The fraction of sp³-hybridized carbons (Fsp3) is 0.185. The van der Waals surface area contributed by atoms with Gasteiger partial charge in [0.1, 0.15) is 16.4 Å². The molecule has 4 aromatic rings. The van der Waals surface area contributed by atoms with Crippen LogP contribution in [0.15, 0.2) is 82.9 Å². The molecule has 3 aromatic heterocycles. The molecule has 168 valence electrons. The van der Waals surface area contributed by atoms with Gasteiger partial charge in [0.2, 0.25) is 5.88 Å². The summed E-state index contributed by atoms with van der Waals surface area (Å²) in [5, 5.41) is 15.0. The van der Waals surface area contributed by atoms with Crippen LogP contribution in [0.4, 0.5) is 0 Å². The fourth-order valence-electron chi connectivity index (χ4n) is 4.07. The molecule has 1 aliphatic rings. The summed E-state index contributed by atoms with van der Waals surface area (Å²) in [6, 6.07) is 18.0. The molecular formula is C27H23N5OS. The molecule has 1 aliphatic carbocycles. The minimum absolute atomic E-state index is 0.182. The Morgan fingerprint density at radius 2 is 2.06 bits per heavy atom. The van der Waals surface area contributed by atoms with E-state index in [9.17, 15) is 0 Å². The van der Waals surface area contributed by atoms with Crippen LogP contribution in [-0.2, 0) is 0 Å². The van der Waals surface area contributed by atoms with Crippen LogP contribution in [0.3, 0.4) is 0 Å². The van der Waals surface area contributed by atoms with Crippen molar-refractivity contribution in [3.8, 4) is 17.8 Å². The largest absolute Gasteiger partial charge is 0.439 e. The molecule has 0 atom stereocenters. The molecule has 0 radical (unpaired) electrons. The van der Waals surface area contributed by atoms with Crippen LogP contribution in [-0.4, -0.2) is 21.8 Å². The van der Waals surface area contributed by atoms with E-state index in [1.165, 1.54) is 5.57 Å². The third kappa shape index (κ3) is 5.30. The van der Waals surface area contributed by atoms with Crippen LogP contribution in [0.5, 0.6) is 11.6 Å². The minimum Gasteiger partial charge on any atom is -0.439 e. The van der Waals surface area contributed by atoms with E-state index >= 15 is 0 Å². The number of benzene rings is 1. The van der Waals surface area contributed by atoms with E-state index in [-0.39, 0.29) is 6.04 Å². The first-order valence-electron chi connectivity index (χ1n) is 11.2. The SMILES string of the molecule is N#CNC(=NC1CCC(=Cc2cccc(Oc3ccc4ccsc4n3)c2)CC1)c1cccnc1. The van der Waals surface area contributed by atoms with E-state index in [1.807, 2.05) is 48.0 Å². The number of pyridine rings is 2. The van der Waals surface area contributed by atoms with Gasteiger partial charge in [-0.3, -0.25) is 15.3 Å². The Hall–Kier alpha value is -4.02. The van der Waals surface area contributed by atoms with Gasteiger partial charge in [0.15, 0.2) is 6.19 Å². The third-order valence-electron chi connectivity index (χ3n) is 5.76. The Morgan fingerprint density at radius 1 is 1.15 bits per heavy atom. The van der Waals surface area contributed by atoms with E-state index in [1.54, 1.807) is 23.7 Å². The topological polar surface area (TPSA) is 83.2 Å². The van der Waals surface area contributed by atoms with Crippen molar-refractivity contribution in [2.45, 2.75) is 31.7 Å². The lowest BCUT2D eigenvalue weighted by Crippen LogP contribution is -2.23. The van der Waals surface area contributed by atoms with Gasteiger partial charge >= 0.3 is 0 Å². The minimum atomic E-state index is 0.182. The standard InChI is InChI=1S/C27H23N5OS/c28-18-30-26(22-4-2-13-29-17-22)31-23-9-6-19(7-10-23)15-20-3-1-5-24(16-20)33-25-11-8-21-12-14-34-27(21)32-25/h1-5,8,11-17,23H,6-7,9-10H2,(H,30,31). The fourth-order valence-corrected chi connectivity index (χ4v) is 4.83. The van der Waals surface area contributed by atoms with Gasteiger partial charge in [-0.15, -0.1) is 11.3 Å². The van der Waals surface area contributed by atoms with Crippen molar-refractivity contribution in [2.75, 3.05) is 0 Å². The number of nitrogens with one attached hydrogen (secondary N) is 1. The molecule has 0 saturated heterocycles. The number of aromatic nitrogens is 2. The van der Waals surface area contributed by atoms with Crippen molar-refractivity contribution < 1.29 is 4.74 Å². The Bertz CT molecular complexity index is 1380. The first-order valence-corrected chi connectivity index (χ1v) is 12.1. The summed E-state index contributed by atoms with van der Waals surface area (Å²) in [5.74, 6) is 1.97. The highest BCUT2D eigenvalue weighted by atomic mass is 32.1. The van der Waals surface area contributed by atoms with E-state index in [0.29, 0.717) is 11.7 Å². The van der Waals surface area contributed by atoms with Gasteiger partial charge in [-0.2, -0.15) is 5.26 Å². The Balaban J connectivity index is 1.24. The van der Waals surface area contributed by atoms with Crippen LogP contribution < -0.4 is 10.1 Å². The second-order valence-corrected chi connectivity index (χ2v) is 9.02. The van der Waals surface area contributed by atoms with Gasteiger partial charge in [0.25, 0.3) is 0 Å². The number of nitriles is 1. The average molecular weight is 466 g/mol. The summed E-state index contributed by atoms with van der Waals surface area (Å²) >= 11 is 1.61. The average Bonchev–Trinajstić information content (AvgIpc) is 3.34. The maximum absolute atomic E-state index is 9.10. The molecule has 0 spiro atoms. The van der Waals surface area contributed by atoms with Crippen molar-refractivity contribution in [2.24, 2.45) is 4.99 Å². The number of hydrogen-bond acceptors (Lipinski definition) is 6. The quantitative estimate of drug-likeness (QED) is 0.161. The number of hydrogen-bond donors (Lipinski definition) is 1. The lowest BCUT2D eigenvalue weighted by Gasteiger charge is -2.22. The molecule has 0 amide bonds. The Morgan fingerprint density at radius 3 is 2.88 bits per heavy atom. The lowest BCUT2D eigenvalue weighted by atomic mass is 9.90. The first kappa shape index (κ1) is 21.8. The molecule has 0 unspecified atom stereocenters. The van der Waals surface area contributed by atoms with Gasteiger partial charge in [-0.25, -0.2) is 4.98 Å². The lowest BCUT2D eigenvalue weighted by molar-refractivity contribution is 0.465. The molecule has 6 nitrogen and oxygen atoms in total. The predicted octanol–water partition coefficient (Wildman–Crippen LogP) is 6.33. The number of allylic oxidation sites excluding steroid dienone is 1. The number of amidine groups is 1. The molecule has 0 aliphatic heterocycles. The maximum Gasteiger partial charge on any atom is 0.220 e. The van der Waals surface area contributed by atoms with Crippen LogP contribution in [0.2, 0.25) is 0 Å². The van der Waals surface area contributed by atoms with E-state index in [2.05, 4.69) is 39.6 Å². The second kappa shape index (κ2) is 10.3. The van der Waals surface area contributed by atoms with Gasteiger partial charge in [0, 0.05) is 29.4 Å². The second-order valence-electron chi connectivity index (χ2n) is 8.13. The molecular weight excluding hydrogens is 442 g/mol. The van der Waals surface area contributed by atoms with Gasteiger partial charge < -0.3 is 4.74 Å². The van der Waals surface area contributed by atoms with Crippen molar-refractivity contribution >= 4 is 33.5 Å². The van der Waals surface area contributed by atoms with Crippen molar-refractivity contribution in [3.63, 3.8) is 0 Å². The number of nitrogens with zero attached hydrogens (tertiary/aromatic N) is 4. The zero-order valence-electron chi connectivity index (χ0n) is 18.5. The summed E-state index contributed by atoms with van der Waals surface area (Å²) in [7, 11) is 0. The van der Waals surface area contributed by atoms with Crippen LogP contribution in [0.25, 0.3) is 16.3 Å². The number of thiophene rings is 1. The highest BCUT2D eigenvalue weighted by molar-refractivity contribution is 7.16. The number of aliphatic imine (C=N–C) groups is 1. The third-order valence-corrected chi connectivity index (χ3v) is 6.58. The maximum atomic E-state index is 9.10. The molecule has 1 saturated carbocycles. The normalized spacial score (nSPS) is 16.1. The molecule has 0 bridgehead atoms. The zero-order valence-corrected chi connectivity index (χ0v) is 19.3. The highest BCUT2D eigenvalue weighted by Gasteiger charge is 2.17. The Kier molecular flexibility index (Phi) is 6.59. The Labute approximate surface area is 202 Å². The number of rotatable bonds is 5. The molecule has 1 fully saturated rings. The zero-order chi connectivity index (χ0) is 23.2. The molecule has 1 N–H and O–H groups in total. The summed E-state index contributed by atoms with van der Waals surface area (Å²) in [6.07, 6.45) is 11.5. The smallest absolute Gasteiger partial charge is 0.220 e. The van der Waals surface area contributed by atoms with Crippen molar-refractivity contribution in [1.29, 1.82) is 5.26 Å². The molecule has 34 heavy (non-hydrogen) atoms. The van der Waals surface area contributed by atoms with Crippen molar-refractivity contribution in [3.05, 3.63) is 89.1 Å². The molecule has 7 heteroatoms. The summed E-state index contributed by atoms with van der Waals surface area (Å²) < 4.78 is 6.02. The number of fused-ring (bicyclic) bond motifs is 1. The van der Waals surface area contributed by atoms with E-state index in [4.69, 9.17) is 15.0 Å². The van der Waals surface area contributed by atoms with Gasteiger partial charge in [-0.1, -0.05) is 23.8 Å². The summed E-state index contributed by atoms with van der Waals surface area (Å²) in [6.45, 7) is 0.